The highest BCUT2D eigenvalue weighted by molar-refractivity contribution is 5.80. The lowest BCUT2D eigenvalue weighted by atomic mass is 9.77. The number of hydrogen-bond donors (Lipinski definition) is 0. The highest BCUT2D eigenvalue weighted by Crippen LogP contribution is 2.59. The average molecular weight is 170 g/mol. The van der Waals surface area contributed by atoms with E-state index in [1.54, 1.807) is 0 Å². The van der Waals surface area contributed by atoms with E-state index in [1.807, 2.05) is 6.92 Å². The third-order valence-electron chi connectivity index (χ3n) is 2.85. The molecule has 0 aromatic heterocycles. The van der Waals surface area contributed by atoms with E-state index < -0.39 is 0 Å². The minimum atomic E-state index is -0.164. The summed E-state index contributed by atoms with van der Waals surface area (Å²) in [7, 11) is 0. The number of ether oxygens (including phenoxy) is 1. The maximum Gasteiger partial charge on any atom is 0.312 e. The molecular weight excluding hydrogens is 152 g/mol. The van der Waals surface area contributed by atoms with Crippen molar-refractivity contribution in [3.05, 3.63) is 0 Å². The van der Waals surface area contributed by atoms with Gasteiger partial charge >= 0.3 is 5.97 Å². The van der Waals surface area contributed by atoms with E-state index in [4.69, 9.17) is 4.74 Å². The Morgan fingerprint density at radius 3 is 2.17 bits per heavy atom. The van der Waals surface area contributed by atoms with Gasteiger partial charge in [-0.05, 0) is 25.2 Å². The Balaban J connectivity index is 2.67. The molecular formula is C10H18O2. The lowest BCUT2D eigenvalue weighted by Gasteiger charge is -2.28. The summed E-state index contributed by atoms with van der Waals surface area (Å²) in [6, 6.07) is 0. The average Bonchev–Trinajstić information content (AvgIpc) is 2.63. The molecule has 70 valence electrons. The van der Waals surface area contributed by atoms with Crippen LogP contribution >= 0.6 is 0 Å². The molecule has 0 heterocycles. The van der Waals surface area contributed by atoms with Crippen LogP contribution in [0.3, 0.4) is 0 Å². The van der Waals surface area contributed by atoms with Crippen LogP contribution in [0.25, 0.3) is 0 Å². The predicted octanol–water partition coefficient (Wildman–Crippen LogP) is 2.38. The Bertz CT molecular complexity index is 185. The van der Waals surface area contributed by atoms with E-state index in [1.165, 1.54) is 0 Å². The van der Waals surface area contributed by atoms with Gasteiger partial charge in [0.2, 0.25) is 0 Å². The number of carbonyl (C=O) groups excluding carboxylic acids is 1. The van der Waals surface area contributed by atoms with Gasteiger partial charge in [-0.3, -0.25) is 4.79 Å². The quantitative estimate of drug-likeness (QED) is 0.595. The molecule has 0 radical (unpaired) electrons. The summed E-state index contributed by atoms with van der Waals surface area (Å²) in [5, 5.41) is 0. The first-order chi connectivity index (χ1) is 5.44. The summed E-state index contributed by atoms with van der Waals surface area (Å²) in [4.78, 5) is 11.6. The second-order valence-corrected chi connectivity index (χ2v) is 4.55. The van der Waals surface area contributed by atoms with Gasteiger partial charge in [0.15, 0.2) is 0 Å². The van der Waals surface area contributed by atoms with Crippen molar-refractivity contribution in [3.8, 4) is 0 Å². The van der Waals surface area contributed by atoms with Crippen LogP contribution in [-0.2, 0) is 9.53 Å². The molecule has 0 spiro atoms. The van der Waals surface area contributed by atoms with E-state index in [0.29, 0.717) is 6.61 Å². The highest BCUT2D eigenvalue weighted by atomic mass is 16.5. The summed E-state index contributed by atoms with van der Waals surface area (Å²) in [6.45, 7) is 8.68. The normalized spacial score (nSPS) is 20.3. The molecule has 0 aromatic rings. The first kappa shape index (κ1) is 9.56. The largest absolute Gasteiger partial charge is 0.466 e. The lowest BCUT2D eigenvalue weighted by molar-refractivity contribution is -0.154. The molecule has 1 saturated carbocycles. The second-order valence-electron chi connectivity index (χ2n) is 4.55. The molecule has 0 atom stereocenters. The van der Waals surface area contributed by atoms with Crippen molar-refractivity contribution in [1.29, 1.82) is 0 Å². The van der Waals surface area contributed by atoms with Gasteiger partial charge in [-0.15, -0.1) is 0 Å². The van der Waals surface area contributed by atoms with Gasteiger partial charge < -0.3 is 4.74 Å². The Labute approximate surface area is 74.3 Å². The smallest absolute Gasteiger partial charge is 0.312 e. The standard InChI is InChI=1S/C10H18O2/c1-5-12-8(11)10(6-7-10)9(2,3)4/h5-7H2,1-4H3. The molecule has 0 bridgehead atoms. The number of hydrogen-bond acceptors (Lipinski definition) is 2. The van der Waals surface area contributed by atoms with Crippen molar-refractivity contribution in [2.24, 2.45) is 10.8 Å². The molecule has 2 nitrogen and oxygen atoms in total. The highest BCUT2D eigenvalue weighted by Gasteiger charge is 2.58. The molecule has 1 rings (SSSR count). The zero-order valence-electron chi connectivity index (χ0n) is 8.44. The molecule has 1 aliphatic carbocycles. The van der Waals surface area contributed by atoms with Gasteiger partial charge in [-0.2, -0.15) is 0 Å². The fraction of sp³-hybridized carbons (Fsp3) is 0.900. The Hall–Kier alpha value is -0.530. The Kier molecular flexibility index (Phi) is 2.19. The van der Waals surface area contributed by atoms with Crippen LogP contribution in [0.15, 0.2) is 0 Å². The molecule has 1 aliphatic rings. The molecule has 12 heavy (non-hydrogen) atoms. The van der Waals surface area contributed by atoms with Crippen LogP contribution in [0.1, 0.15) is 40.5 Å². The molecule has 0 saturated heterocycles. The molecule has 1 fully saturated rings. The molecule has 0 aliphatic heterocycles. The monoisotopic (exact) mass is 170 g/mol. The van der Waals surface area contributed by atoms with Gasteiger partial charge in [0.1, 0.15) is 0 Å². The fourth-order valence-electron chi connectivity index (χ4n) is 1.65. The van der Waals surface area contributed by atoms with Crippen molar-refractivity contribution >= 4 is 5.97 Å². The zero-order chi connectivity index (χ0) is 9.41. The summed E-state index contributed by atoms with van der Waals surface area (Å²) in [6.07, 6.45) is 1.99. The van der Waals surface area contributed by atoms with E-state index in [2.05, 4.69) is 20.8 Å². The SMILES string of the molecule is CCOC(=O)C1(C(C)(C)C)CC1. The van der Waals surface area contributed by atoms with Crippen LogP contribution in [0, 0.1) is 10.8 Å². The van der Waals surface area contributed by atoms with Crippen molar-refractivity contribution in [3.63, 3.8) is 0 Å². The number of rotatable bonds is 2. The Morgan fingerprint density at radius 2 is 1.92 bits per heavy atom. The Morgan fingerprint density at radius 1 is 1.42 bits per heavy atom. The van der Waals surface area contributed by atoms with Gasteiger partial charge in [-0.25, -0.2) is 0 Å². The maximum atomic E-state index is 11.6. The van der Waals surface area contributed by atoms with Crippen LogP contribution in [-0.4, -0.2) is 12.6 Å². The summed E-state index contributed by atoms with van der Waals surface area (Å²) in [5.74, 6) is -0.00231. The van der Waals surface area contributed by atoms with E-state index in [-0.39, 0.29) is 16.8 Å². The lowest BCUT2D eigenvalue weighted by Crippen LogP contribution is -2.32. The van der Waals surface area contributed by atoms with Gasteiger partial charge in [0.25, 0.3) is 0 Å². The molecule has 0 N–H and O–H groups in total. The van der Waals surface area contributed by atoms with Gasteiger partial charge in [0.05, 0.1) is 12.0 Å². The zero-order valence-corrected chi connectivity index (χ0v) is 8.44. The molecule has 2 heteroatoms. The first-order valence-electron chi connectivity index (χ1n) is 4.61. The third-order valence-corrected chi connectivity index (χ3v) is 2.85. The summed E-state index contributed by atoms with van der Waals surface area (Å²) >= 11 is 0. The number of esters is 1. The molecule has 0 unspecified atom stereocenters. The van der Waals surface area contributed by atoms with E-state index in [9.17, 15) is 4.79 Å². The fourth-order valence-corrected chi connectivity index (χ4v) is 1.65. The second kappa shape index (κ2) is 2.75. The minimum absolute atomic E-state index is 0.00231. The molecule has 0 aromatic carbocycles. The maximum absolute atomic E-state index is 11.6. The first-order valence-corrected chi connectivity index (χ1v) is 4.61. The summed E-state index contributed by atoms with van der Waals surface area (Å²) < 4.78 is 5.06. The summed E-state index contributed by atoms with van der Waals surface area (Å²) in [5.41, 5.74) is -0.109. The van der Waals surface area contributed by atoms with E-state index in [0.717, 1.165) is 12.8 Å². The van der Waals surface area contributed by atoms with Gasteiger partial charge in [-0.1, -0.05) is 20.8 Å². The molecule has 0 amide bonds. The van der Waals surface area contributed by atoms with Crippen molar-refractivity contribution in [2.45, 2.75) is 40.5 Å². The van der Waals surface area contributed by atoms with Crippen LogP contribution < -0.4 is 0 Å². The minimum Gasteiger partial charge on any atom is -0.466 e. The van der Waals surface area contributed by atoms with Crippen molar-refractivity contribution in [1.82, 2.24) is 0 Å². The number of carbonyl (C=O) groups is 1. The van der Waals surface area contributed by atoms with E-state index >= 15 is 0 Å². The van der Waals surface area contributed by atoms with Crippen LogP contribution in [0.5, 0.6) is 0 Å². The van der Waals surface area contributed by atoms with Crippen molar-refractivity contribution in [2.75, 3.05) is 6.61 Å². The topological polar surface area (TPSA) is 26.3 Å². The predicted molar refractivity (Wildman–Crippen MR) is 47.8 cm³/mol. The van der Waals surface area contributed by atoms with Crippen LogP contribution in [0.2, 0.25) is 0 Å². The third kappa shape index (κ3) is 1.35. The van der Waals surface area contributed by atoms with Gasteiger partial charge in [0, 0.05) is 0 Å². The van der Waals surface area contributed by atoms with Crippen LogP contribution in [0.4, 0.5) is 0 Å². The van der Waals surface area contributed by atoms with Crippen molar-refractivity contribution < 1.29 is 9.53 Å².